The molecule has 7 atom stereocenters. The molecule has 0 aromatic heterocycles. The summed E-state index contributed by atoms with van der Waals surface area (Å²) in [5.41, 5.74) is 0.0689. The van der Waals surface area contributed by atoms with Gasteiger partial charge in [-0.1, -0.05) is 119 Å². The molecule has 0 saturated carbocycles. The van der Waals surface area contributed by atoms with Crippen molar-refractivity contribution < 1.29 is 69.1 Å². The van der Waals surface area contributed by atoms with Crippen LogP contribution in [0.2, 0.25) is 0 Å². The van der Waals surface area contributed by atoms with Crippen molar-refractivity contribution in [2.75, 3.05) is 25.6 Å². The number of carbonyl (C=O) groups excluding carboxylic acids is 3. The fourth-order valence-electron chi connectivity index (χ4n) is 8.91. The van der Waals surface area contributed by atoms with E-state index in [1.165, 1.54) is 31.2 Å². The number of aliphatic hydroxyl groups is 1. The third-order valence-electron chi connectivity index (χ3n) is 13.6. The topological polar surface area (TPSA) is 154 Å². The Balaban J connectivity index is 0.00000106. The molecule has 1 aliphatic heterocycles. The number of hydrogen-bond donors (Lipinski definition) is 4. The lowest BCUT2D eigenvalue weighted by molar-refractivity contribution is -0.149. The Morgan fingerprint density at radius 3 is 2.01 bits per heavy atom. The molecule has 0 radical (unpaired) electrons. The van der Waals surface area contributed by atoms with Gasteiger partial charge in [-0.05, 0) is 122 Å². The van der Waals surface area contributed by atoms with Crippen LogP contribution in [0.25, 0.3) is 0 Å². The first kappa shape index (κ1) is 69.7. The standard InChI is InChI=1S/C53H73F3N3O9PS.C8H7F3S/c1-9-43(25-28-47(57-40(6)60)58-48(61)31-51(7,8)29-17-12-18-30-70-34-42-23-26-44(27-24-42)53(54,55)56)38(4)52(35-64-32-41-19-13-10-14-20-41)36-65-46(49(52)62)33-66-69(68-45-21-15-11-16-22-45)59-39(5)50(63)67-37(2)3;9-8(10,11)7-3-1-6(5-12)2-4-7/h10-11,13-16,19-28,37-39,43,46,49,59,62H,9,12,17-18,29-36H2,1-8H3,(H,57,58,60,61);1-4,12H,5H2/b28-25-;/t38?,39?,43?,46?,49-,52?,69?;/m0./s1. The first-order chi connectivity index (χ1) is 38.7. The third-order valence-corrected chi connectivity index (χ3v) is 16.5. The molecule has 1 saturated heterocycles. The maximum atomic E-state index is 13.5. The van der Waals surface area contributed by atoms with Gasteiger partial charge < -0.3 is 33.7 Å². The van der Waals surface area contributed by atoms with Crippen LogP contribution in [0, 0.1) is 22.7 Å². The Kier molecular flexibility index (Phi) is 29.1. The molecule has 3 N–H and O–H groups in total. The molecule has 12 nitrogen and oxygen atoms in total. The van der Waals surface area contributed by atoms with Crippen molar-refractivity contribution in [2.45, 2.75) is 149 Å². The molecule has 21 heteroatoms. The molecule has 1 heterocycles. The second kappa shape index (κ2) is 34.2. The van der Waals surface area contributed by atoms with E-state index in [2.05, 4.69) is 28.0 Å². The lowest BCUT2D eigenvalue weighted by Crippen LogP contribution is -2.49. The molecule has 2 amide bonds. The summed E-state index contributed by atoms with van der Waals surface area (Å²) < 4.78 is 105. The van der Waals surface area contributed by atoms with Crippen molar-refractivity contribution in [1.82, 2.24) is 10.4 Å². The van der Waals surface area contributed by atoms with E-state index >= 15 is 0 Å². The number of amides is 2. The van der Waals surface area contributed by atoms with Gasteiger partial charge in [0.2, 0.25) is 11.8 Å². The minimum atomic E-state index is -4.34. The summed E-state index contributed by atoms with van der Waals surface area (Å²) in [6.07, 6.45) is -2.79. The zero-order valence-corrected chi connectivity index (χ0v) is 50.5. The molecule has 0 bridgehead atoms. The van der Waals surface area contributed by atoms with Crippen LogP contribution in [-0.2, 0) is 63.6 Å². The van der Waals surface area contributed by atoms with Crippen LogP contribution in [0.15, 0.2) is 126 Å². The van der Waals surface area contributed by atoms with Crippen LogP contribution in [-0.4, -0.2) is 78.7 Å². The number of allylic oxidation sites excluding steroid dienone is 1. The van der Waals surface area contributed by atoms with Crippen LogP contribution in [0.1, 0.15) is 122 Å². The number of alkyl halides is 6. The van der Waals surface area contributed by atoms with E-state index in [1.54, 1.807) is 50.7 Å². The van der Waals surface area contributed by atoms with E-state index in [-0.39, 0.29) is 67.2 Å². The molecule has 0 aliphatic carbocycles. The molecule has 82 heavy (non-hydrogen) atoms. The zero-order chi connectivity index (χ0) is 60.5. The smallest absolute Gasteiger partial charge is 0.416 e. The van der Waals surface area contributed by atoms with E-state index in [4.69, 9.17) is 23.3 Å². The predicted molar refractivity (Wildman–Crippen MR) is 315 cm³/mol. The van der Waals surface area contributed by atoms with Crippen molar-refractivity contribution in [3.05, 3.63) is 149 Å². The van der Waals surface area contributed by atoms with Gasteiger partial charge in [0.15, 0.2) is 0 Å². The minimum absolute atomic E-state index is 0.0655. The van der Waals surface area contributed by atoms with Crippen molar-refractivity contribution in [3.8, 4) is 5.75 Å². The van der Waals surface area contributed by atoms with Crippen LogP contribution >= 0.6 is 32.9 Å². The lowest BCUT2D eigenvalue weighted by Gasteiger charge is -2.40. The summed E-state index contributed by atoms with van der Waals surface area (Å²) in [6, 6.07) is 28.3. The summed E-state index contributed by atoms with van der Waals surface area (Å²) >= 11 is 5.62. The average molecular weight is 1210 g/mol. The largest absolute Gasteiger partial charge is 0.462 e. The number of hydrogen-bond acceptors (Lipinski definition) is 12. The monoisotopic (exact) mass is 1210 g/mol. The quantitative estimate of drug-likeness (QED) is 0.00781. The summed E-state index contributed by atoms with van der Waals surface area (Å²) in [7, 11) is -1.91. The Morgan fingerprint density at radius 2 is 1.45 bits per heavy atom. The maximum Gasteiger partial charge on any atom is 0.416 e. The zero-order valence-electron chi connectivity index (χ0n) is 47.9. The number of aliphatic imine (C=N–C) groups is 1. The van der Waals surface area contributed by atoms with Gasteiger partial charge in [0.05, 0.1) is 49.8 Å². The molecule has 4 aromatic carbocycles. The third kappa shape index (κ3) is 24.4. The Hall–Kier alpha value is -4.79. The van der Waals surface area contributed by atoms with Crippen molar-refractivity contribution in [3.63, 3.8) is 0 Å². The van der Waals surface area contributed by atoms with E-state index in [0.29, 0.717) is 30.3 Å². The minimum Gasteiger partial charge on any atom is -0.462 e. The summed E-state index contributed by atoms with van der Waals surface area (Å²) in [5, 5.41) is 18.1. The number of halogens is 6. The number of ether oxygens (including phenoxy) is 3. The number of amidine groups is 1. The van der Waals surface area contributed by atoms with Crippen LogP contribution < -0.4 is 14.9 Å². The number of benzene rings is 4. The van der Waals surface area contributed by atoms with E-state index in [9.17, 15) is 45.8 Å². The molecular weight excluding hydrogens is 1130 g/mol. The molecule has 452 valence electrons. The van der Waals surface area contributed by atoms with Crippen LogP contribution in [0.3, 0.4) is 0 Å². The number of carbonyl (C=O) groups is 3. The van der Waals surface area contributed by atoms with Crippen LogP contribution in [0.4, 0.5) is 26.3 Å². The molecule has 5 rings (SSSR count). The number of esters is 1. The fraction of sp³-hybridized carbons (Fsp3) is 0.508. The van der Waals surface area contributed by atoms with Gasteiger partial charge in [-0.3, -0.25) is 14.4 Å². The molecule has 0 spiro atoms. The summed E-state index contributed by atoms with van der Waals surface area (Å²) in [6.45, 7) is 15.2. The van der Waals surface area contributed by atoms with Crippen molar-refractivity contribution in [1.29, 1.82) is 0 Å². The predicted octanol–water partition coefficient (Wildman–Crippen LogP) is 14.5. The van der Waals surface area contributed by atoms with Crippen LogP contribution in [0.5, 0.6) is 5.75 Å². The number of unbranched alkanes of at least 4 members (excludes halogenated alkanes) is 2. The van der Waals surface area contributed by atoms with Crippen molar-refractivity contribution >= 4 is 56.5 Å². The van der Waals surface area contributed by atoms with Gasteiger partial charge in [-0.25, -0.2) is 5.09 Å². The van der Waals surface area contributed by atoms with Gasteiger partial charge >= 0.3 is 26.8 Å². The molecule has 4 aromatic rings. The Morgan fingerprint density at radius 1 is 0.854 bits per heavy atom. The van der Waals surface area contributed by atoms with Gasteiger partial charge in [-0.15, -0.1) is 0 Å². The highest BCUT2D eigenvalue weighted by Gasteiger charge is 2.54. The SMILES string of the molecule is CCC(/C=C\C(=NC(=O)CC(C)(C)CCCCCSCc1ccc(C(F)(F)F)cc1)NC(C)=O)C(C)C1(COCc2ccccc2)COC(COP(NC(C)C(=O)OC(C)C)Oc2ccccc2)[C@@H]1O.FC(F)(F)c1ccc(CS)cc1. The Labute approximate surface area is 490 Å². The molecule has 6 unspecified atom stereocenters. The second-order valence-electron chi connectivity index (χ2n) is 21.3. The number of rotatable bonds is 29. The number of thioether (sulfide) groups is 1. The number of thiol groups is 1. The number of nitrogens with zero attached hydrogens (tertiary/aromatic N) is 1. The van der Waals surface area contributed by atoms with Gasteiger partial charge in [0.25, 0.3) is 0 Å². The number of aliphatic hydroxyl groups excluding tert-OH is 1. The summed E-state index contributed by atoms with van der Waals surface area (Å²) in [4.78, 5) is 42.9. The summed E-state index contributed by atoms with van der Waals surface area (Å²) in [5.74, 6) is 0.973. The first-order valence-electron chi connectivity index (χ1n) is 27.4. The first-order valence-corrected chi connectivity index (χ1v) is 30.3. The van der Waals surface area contributed by atoms with Gasteiger partial charge in [0, 0.05) is 30.3 Å². The number of nitrogens with one attached hydrogen (secondary N) is 2. The molecule has 1 fully saturated rings. The highest BCUT2D eigenvalue weighted by Crippen LogP contribution is 2.47. The normalized spacial score (nSPS) is 18.3. The highest BCUT2D eigenvalue weighted by atomic mass is 32.2. The average Bonchev–Trinajstić information content (AvgIpc) is 3.63. The number of para-hydroxylation sites is 1. The molecular formula is C61H80F6N3O9PS2. The fourth-order valence-corrected chi connectivity index (χ4v) is 11.3. The highest BCUT2D eigenvalue weighted by molar-refractivity contribution is 7.98. The van der Waals surface area contributed by atoms with E-state index in [0.717, 1.165) is 72.4 Å². The Bertz CT molecular complexity index is 2600. The van der Waals surface area contributed by atoms with Crippen molar-refractivity contribution in [2.24, 2.45) is 27.7 Å². The molecule has 1 aliphatic rings. The van der Waals surface area contributed by atoms with E-state index in [1.807, 2.05) is 82.3 Å². The van der Waals surface area contributed by atoms with E-state index < -0.39 is 61.6 Å². The second-order valence-corrected chi connectivity index (χ2v) is 24.0. The maximum absolute atomic E-state index is 13.5. The lowest BCUT2D eigenvalue weighted by atomic mass is 9.67. The van der Waals surface area contributed by atoms with Gasteiger partial charge in [-0.2, -0.15) is 55.7 Å². The van der Waals surface area contributed by atoms with Gasteiger partial charge in [0.1, 0.15) is 23.7 Å².